The lowest BCUT2D eigenvalue weighted by molar-refractivity contribution is -0.119. The van der Waals surface area contributed by atoms with Crippen LogP contribution in [-0.2, 0) is 9.53 Å². The van der Waals surface area contributed by atoms with Gasteiger partial charge in [-0.1, -0.05) is 0 Å². The Hall–Kier alpha value is -2.31. The molecule has 0 aliphatic carbocycles. The van der Waals surface area contributed by atoms with Gasteiger partial charge in [0.05, 0.1) is 6.04 Å². The summed E-state index contributed by atoms with van der Waals surface area (Å²) in [7, 11) is 0. The number of benzene rings is 1. The third-order valence-corrected chi connectivity index (χ3v) is 4.28. The van der Waals surface area contributed by atoms with Gasteiger partial charge in [0, 0.05) is 36.4 Å². The van der Waals surface area contributed by atoms with Crippen molar-refractivity contribution in [2.24, 2.45) is 11.7 Å². The number of aryl methyl sites for hydroxylation is 1. The summed E-state index contributed by atoms with van der Waals surface area (Å²) < 4.78 is 5.31. The molecule has 0 radical (unpaired) electrons. The number of nitrogens with one attached hydrogen (secondary N) is 1. The average molecular weight is 326 g/mol. The van der Waals surface area contributed by atoms with E-state index in [1.54, 1.807) is 6.20 Å². The van der Waals surface area contributed by atoms with Crippen LogP contribution in [0.5, 0.6) is 0 Å². The minimum atomic E-state index is -0.506. The molecule has 24 heavy (non-hydrogen) atoms. The molecular formula is C18H22N4O2. The van der Waals surface area contributed by atoms with Crippen molar-refractivity contribution in [1.29, 1.82) is 0 Å². The van der Waals surface area contributed by atoms with Gasteiger partial charge in [-0.3, -0.25) is 4.79 Å². The van der Waals surface area contributed by atoms with E-state index in [0.29, 0.717) is 19.0 Å². The van der Waals surface area contributed by atoms with Gasteiger partial charge >= 0.3 is 0 Å². The van der Waals surface area contributed by atoms with Crippen LogP contribution in [0, 0.1) is 12.8 Å². The molecule has 126 valence electrons. The van der Waals surface area contributed by atoms with Crippen molar-refractivity contribution in [3.8, 4) is 11.4 Å². The minimum Gasteiger partial charge on any atom is -0.381 e. The number of nitrogens with zero attached hydrogens (tertiary/aromatic N) is 2. The zero-order valence-corrected chi connectivity index (χ0v) is 13.7. The Balaban J connectivity index is 1.64. The predicted octanol–water partition coefficient (Wildman–Crippen LogP) is 2.14. The maximum atomic E-state index is 12.3. The van der Waals surface area contributed by atoms with E-state index in [9.17, 15) is 4.79 Å². The smallest absolute Gasteiger partial charge is 0.241 e. The third kappa shape index (κ3) is 3.96. The number of rotatable bonds is 4. The van der Waals surface area contributed by atoms with Crippen LogP contribution in [0.2, 0.25) is 0 Å². The van der Waals surface area contributed by atoms with Crippen molar-refractivity contribution in [3.63, 3.8) is 0 Å². The van der Waals surface area contributed by atoms with Gasteiger partial charge in [0.25, 0.3) is 0 Å². The topological polar surface area (TPSA) is 90.1 Å². The summed E-state index contributed by atoms with van der Waals surface area (Å²) in [5.41, 5.74) is 8.64. The zero-order chi connectivity index (χ0) is 16.9. The Morgan fingerprint density at radius 2 is 1.96 bits per heavy atom. The maximum absolute atomic E-state index is 12.3. The molecule has 1 fully saturated rings. The number of hydrogen-bond acceptors (Lipinski definition) is 5. The molecule has 1 aromatic heterocycles. The normalized spacial score (nSPS) is 16.6. The molecule has 1 amide bonds. The second kappa shape index (κ2) is 7.51. The summed E-state index contributed by atoms with van der Waals surface area (Å²) in [6.07, 6.45) is 3.40. The van der Waals surface area contributed by atoms with Crippen molar-refractivity contribution in [2.75, 3.05) is 18.5 Å². The fraction of sp³-hybridized carbons (Fsp3) is 0.389. The van der Waals surface area contributed by atoms with E-state index in [0.717, 1.165) is 29.8 Å². The first-order valence-corrected chi connectivity index (χ1v) is 8.18. The highest BCUT2D eigenvalue weighted by Gasteiger charge is 2.26. The molecular weight excluding hydrogens is 304 g/mol. The molecule has 1 unspecified atom stereocenters. The Bertz CT molecular complexity index is 696. The fourth-order valence-corrected chi connectivity index (χ4v) is 2.81. The summed E-state index contributed by atoms with van der Waals surface area (Å²) in [6, 6.07) is 8.82. The number of carbonyl (C=O) groups is 1. The molecule has 1 aromatic carbocycles. The summed E-state index contributed by atoms with van der Waals surface area (Å²) in [5, 5.41) is 2.88. The van der Waals surface area contributed by atoms with E-state index in [1.165, 1.54) is 0 Å². The van der Waals surface area contributed by atoms with Crippen LogP contribution in [0.25, 0.3) is 11.4 Å². The molecule has 1 aliphatic rings. The highest BCUT2D eigenvalue weighted by atomic mass is 16.5. The molecule has 0 saturated carbocycles. The van der Waals surface area contributed by atoms with Gasteiger partial charge in [0.15, 0.2) is 5.82 Å². The first kappa shape index (κ1) is 16.5. The Morgan fingerprint density at radius 1 is 1.25 bits per heavy atom. The molecule has 0 spiro atoms. The van der Waals surface area contributed by atoms with Gasteiger partial charge in [-0.15, -0.1) is 0 Å². The molecule has 2 heterocycles. The fourth-order valence-electron chi connectivity index (χ4n) is 2.81. The zero-order valence-electron chi connectivity index (χ0n) is 13.7. The van der Waals surface area contributed by atoms with E-state index in [1.807, 2.05) is 37.3 Å². The maximum Gasteiger partial charge on any atom is 0.241 e. The minimum absolute atomic E-state index is 0.151. The number of hydrogen-bond donors (Lipinski definition) is 2. The van der Waals surface area contributed by atoms with Crippen LogP contribution in [0.4, 0.5) is 5.69 Å². The molecule has 0 bridgehead atoms. The van der Waals surface area contributed by atoms with Crippen molar-refractivity contribution in [3.05, 3.63) is 42.2 Å². The molecule has 6 nitrogen and oxygen atoms in total. The summed E-state index contributed by atoms with van der Waals surface area (Å²) in [4.78, 5) is 21.0. The second-order valence-electron chi connectivity index (χ2n) is 6.06. The molecule has 1 saturated heterocycles. The first-order valence-electron chi connectivity index (χ1n) is 8.18. The standard InChI is InChI=1S/C18H22N4O2/c1-12-6-9-20-17(21-12)14-2-4-15(5-3-14)22-18(23)16(19)13-7-10-24-11-8-13/h2-6,9,13,16H,7-8,10-11,19H2,1H3,(H,22,23). The van der Waals surface area contributed by atoms with Gasteiger partial charge in [0.2, 0.25) is 5.91 Å². The Kier molecular flexibility index (Phi) is 5.17. The highest BCUT2D eigenvalue weighted by Crippen LogP contribution is 2.21. The van der Waals surface area contributed by atoms with Gasteiger partial charge in [0.1, 0.15) is 0 Å². The average Bonchev–Trinajstić information content (AvgIpc) is 2.62. The molecule has 1 atom stereocenters. The van der Waals surface area contributed by atoms with Crippen molar-refractivity contribution >= 4 is 11.6 Å². The van der Waals surface area contributed by atoms with Crippen LogP contribution in [0.1, 0.15) is 18.5 Å². The van der Waals surface area contributed by atoms with Gasteiger partial charge in [-0.2, -0.15) is 0 Å². The van der Waals surface area contributed by atoms with Crippen molar-refractivity contribution in [2.45, 2.75) is 25.8 Å². The number of aromatic nitrogens is 2. The number of ether oxygens (including phenoxy) is 1. The summed E-state index contributed by atoms with van der Waals surface area (Å²) in [6.45, 7) is 3.28. The lowest BCUT2D eigenvalue weighted by Crippen LogP contribution is -2.43. The summed E-state index contributed by atoms with van der Waals surface area (Å²) in [5.74, 6) is 0.701. The van der Waals surface area contributed by atoms with Gasteiger partial charge in [-0.05, 0) is 56.0 Å². The van der Waals surface area contributed by atoms with Crippen LogP contribution in [-0.4, -0.2) is 35.1 Å². The largest absolute Gasteiger partial charge is 0.381 e. The van der Waals surface area contributed by atoms with Crippen LogP contribution >= 0.6 is 0 Å². The third-order valence-electron chi connectivity index (χ3n) is 4.28. The highest BCUT2D eigenvalue weighted by molar-refractivity contribution is 5.95. The van der Waals surface area contributed by atoms with Gasteiger partial charge in [-0.25, -0.2) is 9.97 Å². The quantitative estimate of drug-likeness (QED) is 0.898. The Labute approximate surface area is 141 Å². The summed E-state index contributed by atoms with van der Waals surface area (Å²) >= 11 is 0. The van der Waals surface area contributed by atoms with Crippen LogP contribution in [0.3, 0.4) is 0 Å². The van der Waals surface area contributed by atoms with E-state index in [2.05, 4.69) is 15.3 Å². The van der Waals surface area contributed by atoms with Crippen LogP contribution < -0.4 is 11.1 Å². The molecule has 1 aliphatic heterocycles. The molecule has 6 heteroatoms. The second-order valence-corrected chi connectivity index (χ2v) is 6.06. The van der Waals surface area contributed by atoms with E-state index < -0.39 is 6.04 Å². The van der Waals surface area contributed by atoms with E-state index in [-0.39, 0.29) is 11.8 Å². The van der Waals surface area contributed by atoms with Gasteiger partial charge < -0.3 is 15.8 Å². The first-order chi connectivity index (χ1) is 11.6. The molecule has 3 rings (SSSR count). The lowest BCUT2D eigenvalue weighted by atomic mass is 9.92. The number of amides is 1. The lowest BCUT2D eigenvalue weighted by Gasteiger charge is -2.26. The van der Waals surface area contributed by atoms with E-state index in [4.69, 9.17) is 10.5 Å². The van der Waals surface area contributed by atoms with E-state index >= 15 is 0 Å². The molecule has 3 N–H and O–H groups in total. The van der Waals surface area contributed by atoms with Crippen molar-refractivity contribution < 1.29 is 9.53 Å². The predicted molar refractivity (Wildman–Crippen MR) is 92.4 cm³/mol. The monoisotopic (exact) mass is 326 g/mol. The Morgan fingerprint density at radius 3 is 2.62 bits per heavy atom. The number of anilines is 1. The molecule has 2 aromatic rings. The SMILES string of the molecule is Cc1ccnc(-c2ccc(NC(=O)C(N)C3CCOCC3)cc2)n1. The number of nitrogens with two attached hydrogens (primary N) is 1. The van der Waals surface area contributed by atoms with Crippen molar-refractivity contribution in [1.82, 2.24) is 9.97 Å². The van der Waals surface area contributed by atoms with Crippen LogP contribution in [0.15, 0.2) is 36.5 Å². The number of carbonyl (C=O) groups excluding carboxylic acids is 1.